The van der Waals surface area contributed by atoms with Crippen LogP contribution in [0.15, 0.2) is 48.5 Å². The Morgan fingerprint density at radius 1 is 1.00 bits per heavy atom. The van der Waals surface area contributed by atoms with E-state index in [9.17, 15) is 14.4 Å². The van der Waals surface area contributed by atoms with Crippen molar-refractivity contribution in [2.45, 2.75) is 33.8 Å². The summed E-state index contributed by atoms with van der Waals surface area (Å²) < 4.78 is 5.65. The van der Waals surface area contributed by atoms with Crippen LogP contribution in [0.5, 0.6) is 5.75 Å². The number of ether oxygens (including phenoxy) is 1. The van der Waals surface area contributed by atoms with E-state index in [1.807, 2.05) is 13.8 Å². The Bertz CT molecular complexity index is 859. The summed E-state index contributed by atoms with van der Waals surface area (Å²) in [5.74, 6) is -0.0508. The molecular formula is C22H26N2O4. The van der Waals surface area contributed by atoms with Gasteiger partial charge in [-0.2, -0.15) is 0 Å². The molecule has 0 aromatic heterocycles. The van der Waals surface area contributed by atoms with Crippen LogP contribution in [-0.2, 0) is 4.79 Å². The third-order valence-corrected chi connectivity index (χ3v) is 4.35. The highest BCUT2D eigenvalue weighted by molar-refractivity contribution is 5.98. The topological polar surface area (TPSA) is 75.7 Å². The molecule has 148 valence electrons. The van der Waals surface area contributed by atoms with Crippen LogP contribution < -0.4 is 10.1 Å². The number of anilines is 1. The second kappa shape index (κ2) is 9.69. The monoisotopic (exact) mass is 382 g/mol. The molecule has 6 nitrogen and oxygen atoms in total. The Labute approximate surface area is 165 Å². The van der Waals surface area contributed by atoms with Gasteiger partial charge in [0.2, 0.25) is 0 Å². The number of rotatable bonds is 8. The number of amides is 2. The first kappa shape index (κ1) is 21.2. The molecule has 0 aliphatic carbocycles. The summed E-state index contributed by atoms with van der Waals surface area (Å²) in [5, 5.41) is 2.77. The maximum Gasteiger partial charge on any atom is 0.265 e. The lowest BCUT2D eigenvalue weighted by Crippen LogP contribution is -2.31. The molecule has 1 atom stereocenters. The number of hydrogen-bond acceptors (Lipinski definition) is 4. The van der Waals surface area contributed by atoms with Gasteiger partial charge in [0.15, 0.2) is 11.9 Å². The van der Waals surface area contributed by atoms with Gasteiger partial charge in [-0.05, 0) is 58.0 Å². The first-order valence-corrected chi connectivity index (χ1v) is 9.33. The van der Waals surface area contributed by atoms with E-state index in [0.717, 1.165) is 0 Å². The van der Waals surface area contributed by atoms with Gasteiger partial charge in [0.25, 0.3) is 11.8 Å². The minimum atomic E-state index is -0.774. The first-order valence-electron chi connectivity index (χ1n) is 9.33. The fraction of sp³-hybridized carbons (Fsp3) is 0.318. The zero-order valence-electron chi connectivity index (χ0n) is 16.7. The molecule has 0 saturated carbocycles. The molecule has 0 aliphatic heterocycles. The highest BCUT2D eigenvalue weighted by Gasteiger charge is 2.17. The Morgan fingerprint density at radius 2 is 1.64 bits per heavy atom. The highest BCUT2D eigenvalue weighted by Crippen LogP contribution is 2.17. The van der Waals surface area contributed by atoms with Crippen LogP contribution in [0.2, 0.25) is 0 Å². The summed E-state index contributed by atoms with van der Waals surface area (Å²) in [4.78, 5) is 38.1. The minimum Gasteiger partial charge on any atom is -0.481 e. The van der Waals surface area contributed by atoms with E-state index in [0.29, 0.717) is 35.7 Å². The van der Waals surface area contributed by atoms with Gasteiger partial charge < -0.3 is 15.0 Å². The molecule has 2 aromatic carbocycles. The van der Waals surface area contributed by atoms with Crippen LogP contribution in [0, 0.1) is 0 Å². The van der Waals surface area contributed by atoms with E-state index in [4.69, 9.17) is 4.74 Å². The number of nitrogens with zero attached hydrogens (tertiary/aromatic N) is 1. The van der Waals surface area contributed by atoms with Crippen molar-refractivity contribution in [2.24, 2.45) is 0 Å². The van der Waals surface area contributed by atoms with Crippen LogP contribution >= 0.6 is 0 Å². The van der Waals surface area contributed by atoms with Gasteiger partial charge in [-0.15, -0.1) is 0 Å². The summed E-state index contributed by atoms with van der Waals surface area (Å²) in [6.07, 6.45) is -0.774. The highest BCUT2D eigenvalue weighted by atomic mass is 16.5. The average Bonchev–Trinajstić information content (AvgIpc) is 2.69. The molecule has 0 spiro atoms. The van der Waals surface area contributed by atoms with Crippen molar-refractivity contribution < 1.29 is 19.1 Å². The van der Waals surface area contributed by atoms with E-state index in [-0.39, 0.29) is 17.6 Å². The number of carbonyl (C=O) groups excluding carboxylic acids is 3. The molecule has 6 heteroatoms. The summed E-state index contributed by atoms with van der Waals surface area (Å²) in [6.45, 7) is 8.19. The predicted octanol–water partition coefficient (Wildman–Crippen LogP) is 3.78. The van der Waals surface area contributed by atoms with Gasteiger partial charge in [-0.25, -0.2) is 0 Å². The van der Waals surface area contributed by atoms with Gasteiger partial charge >= 0.3 is 0 Å². The molecule has 1 N–H and O–H groups in total. The SMILES string of the molecule is CCN(CC)C(=O)c1cccc(NC(=O)C(C)Oc2cccc(C(C)=O)c2)c1. The Morgan fingerprint density at radius 3 is 2.29 bits per heavy atom. The number of Topliss-reactive ketones (excluding diaryl/α,β-unsaturated/α-hetero) is 1. The van der Waals surface area contributed by atoms with Gasteiger partial charge in [0.1, 0.15) is 5.75 Å². The van der Waals surface area contributed by atoms with Crippen molar-refractivity contribution in [3.63, 3.8) is 0 Å². The van der Waals surface area contributed by atoms with Gasteiger partial charge in [0.05, 0.1) is 0 Å². The van der Waals surface area contributed by atoms with Crippen LogP contribution in [-0.4, -0.2) is 41.7 Å². The fourth-order valence-corrected chi connectivity index (χ4v) is 2.71. The smallest absolute Gasteiger partial charge is 0.265 e. The molecule has 0 bridgehead atoms. The van der Waals surface area contributed by atoms with E-state index >= 15 is 0 Å². The number of ketones is 1. The third kappa shape index (κ3) is 5.42. The van der Waals surface area contributed by atoms with Crippen LogP contribution in [0.3, 0.4) is 0 Å². The molecule has 0 aliphatic rings. The Hall–Kier alpha value is -3.15. The number of hydrogen-bond donors (Lipinski definition) is 1. The normalized spacial score (nSPS) is 11.4. The van der Waals surface area contributed by atoms with Gasteiger partial charge in [0, 0.05) is 29.9 Å². The standard InChI is InChI=1S/C22H26N2O4/c1-5-24(6-2)22(27)18-10-7-11-19(13-18)23-21(26)16(4)28-20-12-8-9-17(14-20)15(3)25/h7-14,16H,5-6H2,1-4H3,(H,23,26). The zero-order chi connectivity index (χ0) is 20.7. The maximum absolute atomic E-state index is 12.5. The molecule has 0 heterocycles. The van der Waals surface area contributed by atoms with Gasteiger partial charge in [-0.3, -0.25) is 14.4 Å². The lowest BCUT2D eigenvalue weighted by atomic mass is 10.1. The molecular weight excluding hydrogens is 356 g/mol. The second-order valence-electron chi connectivity index (χ2n) is 6.39. The summed E-state index contributed by atoms with van der Waals surface area (Å²) in [6, 6.07) is 13.5. The van der Waals surface area contributed by atoms with E-state index in [1.165, 1.54) is 6.92 Å². The lowest BCUT2D eigenvalue weighted by molar-refractivity contribution is -0.122. The van der Waals surface area contributed by atoms with Gasteiger partial charge in [-0.1, -0.05) is 18.2 Å². The van der Waals surface area contributed by atoms with Crippen molar-refractivity contribution >= 4 is 23.3 Å². The number of carbonyl (C=O) groups is 3. The summed E-state index contributed by atoms with van der Waals surface area (Å²) in [7, 11) is 0. The van der Waals surface area contributed by atoms with Crippen LogP contribution in [0.1, 0.15) is 48.4 Å². The zero-order valence-corrected chi connectivity index (χ0v) is 16.7. The van der Waals surface area contributed by atoms with Crippen molar-refractivity contribution in [3.05, 3.63) is 59.7 Å². The van der Waals surface area contributed by atoms with E-state index < -0.39 is 6.10 Å². The molecule has 1 unspecified atom stereocenters. The Kier molecular flexibility index (Phi) is 7.32. The summed E-state index contributed by atoms with van der Waals surface area (Å²) in [5.41, 5.74) is 1.56. The van der Waals surface area contributed by atoms with Crippen molar-refractivity contribution in [2.75, 3.05) is 18.4 Å². The Balaban J connectivity index is 2.06. The third-order valence-electron chi connectivity index (χ3n) is 4.35. The summed E-state index contributed by atoms with van der Waals surface area (Å²) >= 11 is 0. The van der Waals surface area contributed by atoms with E-state index in [2.05, 4.69) is 5.32 Å². The molecule has 28 heavy (non-hydrogen) atoms. The maximum atomic E-state index is 12.5. The predicted molar refractivity (Wildman–Crippen MR) is 109 cm³/mol. The lowest BCUT2D eigenvalue weighted by Gasteiger charge is -2.19. The average molecular weight is 382 g/mol. The quantitative estimate of drug-likeness (QED) is 0.705. The fourth-order valence-electron chi connectivity index (χ4n) is 2.71. The minimum absolute atomic E-state index is 0.0720. The number of benzene rings is 2. The number of nitrogens with one attached hydrogen (secondary N) is 1. The van der Waals surface area contributed by atoms with E-state index in [1.54, 1.807) is 60.4 Å². The largest absolute Gasteiger partial charge is 0.481 e. The second-order valence-corrected chi connectivity index (χ2v) is 6.39. The first-order chi connectivity index (χ1) is 13.3. The van der Waals surface area contributed by atoms with Crippen molar-refractivity contribution in [1.29, 1.82) is 0 Å². The van der Waals surface area contributed by atoms with Crippen LogP contribution in [0.25, 0.3) is 0 Å². The van der Waals surface area contributed by atoms with Crippen molar-refractivity contribution in [3.8, 4) is 5.75 Å². The molecule has 2 amide bonds. The molecule has 2 rings (SSSR count). The molecule has 0 fully saturated rings. The molecule has 0 radical (unpaired) electrons. The van der Waals surface area contributed by atoms with Crippen molar-refractivity contribution in [1.82, 2.24) is 4.90 Å². The molecule has 2 aromatic rings. The van der Waals surface area contributed by atoms with Crippen LogP contribution in [0.4, 0.5) is 5.69 Å². The molecule has 0 saturated heterocycles.